The van der Waals surface area contributed by atoms with Crippen LogP contribution < -0.4 is 10.0 Å². The van der Waals surface area contributed by atoms with Crippen molar-refractivity contribution < 1.29 is 8.94 Å². The molecule has 6 heteroatoms. The van der Waals surface area contributed by atoms with Crippen LogP contribution in [0.2, 0.25) is 0 Å². The summed E-state index contributed by atoms with van der Waals surface area (Å²) in [5.41, 5.74) is 4.06. The highest BCUT2D eigenvalue weighted by Crippen LogP contribution is 2.63. The molecule has 0 saturated heterocycles. The summed E-state index contributed by atoms with van der Waals surface area (Å²) in [5, 5.41) is -0.291. The highest BCUT2D eigenvalue weighted by atomic mass is 79.9. The van der Waals surface area contributed by atoms with E-state index >= 15 is 0 Å². The zero-order chi connectivity index (χ0) is 21.4. The van der Waals surface area contributed by atoms with Gasteiger partial charge in [0, 0.05) is 9.63 Å². The van der Waals surface area contributed by atoms with Crippen LogP contribution in [0, 0.1) is 20.8 Å². The minimum Gasteiger partial charge on any atom is -0.457 e. The van der Waals surface area contributed by atoms with Crippen molar-refractivity contribution in [1.82, 2.24) is 0 Å². The lowest BCUT2D eigenvalue weighted by atomic mass is 10.1. The Hall–Kier alpha value is -1.29. The Labute approximate surface area is 190 Å². The summed E-state index contributed by atoms with van der Waals surface area (Å²) in [5.74, 6) is 1.60. The smallest absolute Gasteiger partial charge is 0.207 e. The summed E-state index contributed by atoms with van der Waals surface area (Å²) in [6.07, 6.45) is 0. The van der Waals surface area contributed by atoms with Crippen molar-refractivity contribution in [3.8, 4) is 5.75 Å². The molecule has 29 heavy (non-hydrogen) atoms. The summed E-state index contributed by atoms with van der Waals surface area (Å²) in [6.45, 7) is 12.6. The summed E-state index contributed by atoms with van der Waals surface area (Å²) >= 11 is 7.16. The van der Waals surface area contributed by atoms with Gasteiger partial charge in [-0.2, -0.15) is 0 Å². The summed E-state index contributed by atoms with van der Waals surface area (Å²) in [6, 6.07) is 16.2. The maximum absolute atomic E-state index is 6.82. The van der Waals surface area contributed by atoms with Crippen LogP contribution in [-0.4, -0.2) is 5.16 Å². The van der Waals surface area contributed by atoms with Crippen molar-refractivity contribution in [2.75, 3.05) is 0 Å². The Balaban J connectivity index is 2.33. The third-order valence-corrected chi connectivity index (χ3v) is 9.39. The molecule has 3 rings (SSSR count). The van der Waals surface area contributed by atoms with Crippen molar-refractivity contribution in [2.45, 2.75) is 46.7 Å². The first-order valence-corrected chi connectivity index (χ1v) is 12.7. The molecule has 2 aromatic carbocycles. The second kappa shape index (κ2) is 8.45. The first-order valence-electron chi connectivity index (χ1n) is 9.43. The third-order valence-electron chi connectivity index (χ3n) is 4.66. The molecule has 154 valence electrons. The molecule has 3 aromatic rings. The van der Waals surface area contributed by atoms with Crippen molar-refractivity contribution in [3.05, 3.63) is 74.4 Å². The van der Waals surface area contributed by atoms with Crippen LogP contribution in [0.1, 0.15) is 37.7 Å². The number of aryl methyl sites for hydroxylation is 3. The van der Waals surface area contributed by atoms with Crippen LogP contribution in [0.4, 0.5) is 5.69 Å². The molecule has 0 bridgehead atoms. The van der Waals surface area contributed by atoms with E-state index in [4.69, 9.17) is 13.7 Å². The molecule has 0 spiro atoms. The average molecular weight is 539 g/mol. The van der Waals surface area contributed by atoms with Crippen LogP contribution in [-0.2, 0) is 0 Å². The number of rotatable bonds is 4. The van der Waals surface area contributed by atoms with E-state index in [-0.39, 0.29) is 5.16 Å². The number of hydrogen-bond acceptors (Lipinski definition) is 3. The lowest BCUT2D eigenvalue weighted by Gasteiger charge is -2.35. The van der Waals surface area contributed by atoms with Gasteiger partial charge in [-0.1, -0.05) is 54.4 Å². The third kappa shape index (κ3) is 4.73. The molecule has 0 radical (unpaired) electrons. The number of hydrogen-bond donors (Lipinski definition) is 0. The second-order valence-electron chi connectivity index (χ2n) is 8.19. The molecule has 1 heterocycles. The summed E-state index contributed by atoms with van der Waals surface area (Å²) < 4.78 is 20.1. The molecular weight excluding hydrogens is 513 g/mol. The fraction of sp³-hybridized carbons (Fsp3) is 0.304. The molecule has 1 aromatic heterocycles. The SMILES string of the molecule is Cc1ccc(N=[P@@](Oc2ccc(Br)cc2Br)(c2ccc(C)o2)C(C)(C)C)c(C)c1. The van der Waals surface area contributed by atoms with Gasteiger partial charge in [0.1, 0.15) is 11.5 Å². The van der Waals surface area contributed by atoms with Crippen LogP contribution in [0.15, 0.2) is 66.6 Å². The van der Waals surface area contributed by atoms with Crippen LogP contribution >= 0.6 is 39.1 Å². The van der Waals surface area contributed by atoms with E-state index in [0.717, 1.165) is 37.2 Å². The van der Waals surface area contributed by atoms with Gasteiger partial charge in [-0.3, -0.25) is 0 Å². The fourth-order valence-electron chi connectivity index (χ4n) is 3.08. The van der Waals surface area contributed by atoms with Crippen molar-refractivity contribution >= 4 is 50.3 Å². The molecule has 0 aliphatic heterocycles. The molecule has 0 fully saturated rings. The Morgan fingerprint density at radius 1 is 0.931 bits per heavy atom. The van der Waals surface area contributed by atoms with Gasteiger partial charge in [0.15, 0.2) is 5.50 Å². The number of nitrogens with zero attached hydrogens (tertiary/aromatic N) is 1. The van der Waals surface area contributed by atoms with E-state index in [1.54, 1.807) is 0 Å². The number of halogens is 2. The normalized spacial score (nSPS) is 13.8. The van der Waals surface area contributed by atoms with E-state index in [2.05, 4.69) is 84.7 Å². The number of furan rings is 1. The van der Waals surface area contributed by atoms with Crippen LogP contribution in [0.5, 0.6) is 5.75 Å². The Morgan fingerprint density at radius 2 is 1.66 bits per heavy atom. The van der Waals surface area contributed by atoms with Gasteiger partial charge >= 0.3 is 0 Å². The highest BCUT2D eigenvalue weighted by Gasteiger charge is 2.42. The molecule has 0 aliphatic carbocycles. The van der Waals surface area contributed by atoms with Crippen LogP contribution in [0.25, 0.3) is 0 Å². The van der Waals surface area contributed by atoms with Gasteiger partial charge in [0.25, 0.3) is 0 Å². The number of benzene rings is 2. The van der Waals surface area contributed by atoms with Gasteiger partial charge in [0.05, 0.1) is 10.2 Å². The average Bonchev–Trinajstić information content (AvgIpc) is 3.04. The van der Waals surface area contributed by atoms with Gasteiger partial charge in [-0.15, -0.1) is 0 Å². The zero-order valence-corrected chi connectivity index (χ0v) is 21.7. The minimum absolute atomic E-state index is 0.291. The maximum atomic E-state index is 6.82. The van der Waals surface area contributed by atoms with Crippen molar-refractivity contribution in [2.24, 2.45) is 4.74 Å². The van der Waals surface area contributed by atoms with Crippen LogP contribution in [0.3, 0.4) is 0 Å². The second-order valence-corrected chi connectivity index (χ2v) is 13.3. The molecule has 0 amide bonds. The van der Waals surface area contributed by atoms with Gasteiger partial charge in [0.2, 0.25) is 7.28 Å². The minimum atomic E-state index is -2.63. The fourth-order valence-corrected chi connectivity index (χ4v) is 7.31. The molecular formula is C23H26Br2NO2P. The lowest BCUT2D eigenvalue weighted by molar-refractivity contribution is 0.525. The van der Waals surface area contributed by atoms with Crippen molar-refractivity contribution in [1.29, 1.82) is 0 Å². The van der Waals surface area contributed by atoms with Gasteiger partial charge in [-0.25, -0.2) is 4.74 Å². The first-order chi connectivity index (χ1) is 13.5. The predicted molar refractivity (Wildman–Crippen MR) is 130 cm³/mol. The van der Waals surface area contributed by atoms with E-state index in [1.165, 1.54) is 5.56 Å². The van der Waals surface area contributed by atoms with E-state index in [0.29, 0.717) is 0 Å². The Morgan fingerprint density at radius 3 is 2.21 bits per heavy atom. The molecule has 0 unspecified atom stereocenters. The predicted octanol–water partition coefficient (Wildman–Crippen LogP) is 8.68. The first kappa shape index (κ1) is 22.4. The lowest BCUT2D eigenvalue weighted by Crippen LogP contribution is -2.26. The molecule has 0 aliphatic rings. The van der Waals surface area contributed by atoms with E-state index in [1.807, 2.05) is 37.3 Å². The molecule has 0 saturated carbocycles. The Kier molecular flexibility index (Phi) is 6.53. The summed E-state index contributed by atoms with van der Waals surface area (Å²) in [4.78, 5) is 0. The van der Waals surface area contributed by atoms with Gasteiger partial charge in [-0.05, 0) is 78.7 Å². The maximum Gasteiger partial charge on any atom is 0.207 e. The van der Waals surface area contributed by atoms with Crippen molar-refractivity contribution in [3.63, 3.8) is 0 Å². The van der Waals surface area contributed by atoms with Gasteiger partial charge < -0.3 is 8.94 Å². The molecule has 0 N–H and O–H groups in total. The summed E-state index contributed by atoms with van der Waals surface area (Å²) in [7, 11) is -2.63. The largest absolute Gasteiger partial charge is 0.457 e. The quantitative estimate of drug-likeness (QED) is 0.311. The molecule has 3 nitrogen and oxygen atoms in total. The topological polar surface area (TPSA) is 34.7 Å². The zero-order valence-electron chi connectivity index (χ0n) is 17.6. The standard InChI is InChI=1S/C23H26Br2NO2P/c1-15-7-10-20(16(2)13-15)26-29(23(4,5)6,22-12-8-17(3)27-22)28-21-11-9-18(24)14-19(21)25/h7-14H,1-6H3/t29-/m1/s1. The monoisotopic (exact) mass is 537 g/mol. The van der Waals surface area contributed by atoms with E-state index < -0.39 is 7.28 Å². The molecule has 1 atom stereocenters. The Bertz CT molecular complexity index is 1100. The highest BCUT2D eigenvalue weighted by molar-refractivity contribution is 9.11. The van der Waals surface area contributed by atoms with E-state index in [9.17, 15) is 0 Å².